The van der Waals surface area contributed by atoms with Crippen molar-refractivity contribution in [3.63, 3.8) is 0 Å². The molecule has 1 amide bonds. The van der Waals surface area contributed by atoms with E-state index >= 15 is 0 Å². The van der Waals surface area contributed by atoms with Crippen LogP contribution in [0.4, 0.5) is 0 Å². The molecular formula is C19H22N2O. The minimum atomic E-state index is -0.0961. The van der Waals surface area contributed by atoms with E-state index in [-0.39, 0.29) is 18.0 Å². The van der Waals surface area contributed by atoms with Gasteiger partial charge >= 0.3 is 0 Å². The SMILES string of the molecule is Cc1cccc(C2CN(Cc3ccccc3)[C@H](C)C(=O)N2)c1. The first-order valence-corrected chi connectivity index (χ1v) is 7.78. The number of aryl methyl sites for hydroxylation is 1. The molecule has 2 aromatic rings. The van der Waals surface area contributed by atoms with Crippen LogP contribution >= 0.6 is 0 Å². The monoisotopic (exact) mass is 294 g/mol. The van der Waals surface area contributed by atoms with Crippen LogP contribution in [-0.4, -0.2) is 23.4 Å². The van der Waals surface area contributed by atoms with E-state index < -0.39 is 0 Å². The van der Waals surface area contributed by atoms with Crippen LogP contribution < -0.4 is 5.32 Å². The van der Waals surface area contributed by atoms with Gasteiger partial charge in [0.2, 0.25) is 5.91 Å². The summed E-state index contributed by atoms with van der Waals surface area (Å²) in [5, 5.41) is 3.14. The van der Waals surface area contributed by atoms with Gasteiger partial charge in [-0.15, -0.1) is 0 Å². The molecule has 1 heterocycles. The average Bonchev–Trinajstić information content (AvgIpc) is 2.52. The van der Waals surface area contributed by atoms with Crippen LogP contribution in [0.1, 0.15) is 29.7 Å². The van der Waals surface area contributed by atoms with Gasteiger partial charge in [0.15, 0.2) is 0 Å². The fraction of sp³-hybridized carbons (Fsp3) is 0.316. The van der Waals surface area contributed by atoms with Gasteiger partial charge in [0.05, 0.1) is 12.1 Å². The highest BCUT2D eigenvalue weighted by Crippen LogP contribution is 2.23. The van der Waals surface area contributed by atoms with E-state index in [1.165, 1.54) is 16.7 Å². The maximum atomic E-state index is 12.3. The largest absolute Gasteiger partial charge is 0.347 e. The van der Waals surface area contributed by atoms with Gasteiger partial charge in [0, 0.05) is 13.1 Å². The number of hydrogen-bond donors (Lipinski definition) is 1. The molecule has 0 bridgehead atoms. The highest BCUT2D eigenvalue weighted by atomic mass is 16.2. The third-order valence-corrected chi connectivity index (χ3v) is 4.33. The Kier molecular flexibility index (Phi) is 4.25. The first-order valence-electron chi connectivity index (χ1n) is 7.78. The molecule has 1 aliphatic heterocycles. The predicted molar refractivity (Wildman–Crippen MR) is 88.4 cm³/mol. The number of amides is 1. The molecule has 1 fully saturated rings. The van der Waals surface area contributed by atoms with Gasteiger partial charge in [-0.05, 0) is 25.0 Å². The molecule has 3 rings (SSSR count). The van der Waals surface area contributed by atoms with Gasteiger partial charge in [-0.3, -0.25) is 9.69 Å². The molecule has 0 spiro atoms. The summed E-state index contributed by atoms with van der Waals surface area (Å²) in [5.74, 6) is 0.105. The van der Waals surface area contributed by atoms with Crippen LogP contribution in [0.5, 0.6) is 0 Å². The summed E-state index contributed by atoms with van der Waals surface area (Å²) in [5.41, 5.74) is 3.64. The van der Waals surface area contributed by atoms with Crippen molar-refractivity contribution in [2.45, 2.75) is 32.5 Å². The average molecular weight is 294 g/mol. The zero-order valence-electron chi connectivity index (χ0n) is 13.1. The van der Waals surface area contributed by atoms with E-state index in [4.69, 9.17) is 0 Å². The maximum absolute atomic E-state index is 12.3. The van der Waals surface area contributed by atoms with Crippen LogP contribution in [0.25, 0.3) is 0 Å². The lowest BCUT2D eigenvalue weighted by Crippen LogP contribution is -2.54. The lowest BCUT2D eigenvalue weighted by Gasteiger charge is -2.38. The molecule has 0 radical (unpaired) electrons. The molecule has 1 aliphatic rings. The van der Waals surface area contributed by atoms with Crippen LogP contribution in [0.15, 0.2) is 54.6 Å². The molecule has 2 aromatic carbocycles. The minimum Gasteiger partial charge on any atom is -0.347 e. The Hall–Kier alpha value is -2.13. The molecule has 0 saturated carbocycles. The fourth-order valence-corrected chi connectivity index (χ4v) is 2.99. The zero-order chi connectivity index (χ0) is 15.5. The molecule has 3 nitrogen and oxygen atoms in total. The second-order valence-electron chi connectivity index (χ2n) is 6.07. The Morgan fingerprint density at radius 3 is 2.64 bits per heavy atom. The first-order chi connectivity index (χ1) is 10.6. The van der Waals surface area contributed by atoms with E-state index in [9.17, 15) is 4.79 Å². The summed E-state index contributed by atoms with van der Waals surface area (Å²) in [7, 11) is 0. The first kappa shape index (κ1) is 14.8. The highest BCUT2D eigenvalue weighted by Gasteiger charge is 2.31. The van der Waals surface area contributed by atoms with E-state index in [1.54, 1.807) is 0 Å². The molecular weight excluding hydrogens is 272 g/mol. The quantitative estimate of drug-likeness (QED) is 0.943. The summed E-state index contributed by atoms with van der Waals surface area (Å²) < 4.78 is 0. The third-order valence-electron chi connectivity index (χ3n) is 4.33. The lowest BCUT2D eigenvalue weighted by atomic mass is 9.99. The predicted octanol–water partition coefficient (Wildman–Crippen LogP) is 3.06. The molecule has 0 aromatic heterocycles. The normalized spacial score (nSPS) is 22.4. The topological polar surface area (TPSA) is 32.3 Å². The Morgan fingerprint density at radius 2 is 1.91 bits per heavy atom. The van der Waals surface area contributed by atoms with Crippen molar-refractivity contribution in [1.29, 1.82) is 0 Å². The molecule has 3 heteroatoms. The number of carbonyl (C=O) groups is 1. The smallest absolute Gasteiger partial charge is 0.237 e. The fourth-order valence-electron chi connectivity index (χ4n) is 2.99. The third kappa shape index (κ3) is 3.20. The summed E-state index contributed by atoms with van der Waals surface area (Å²) in [6.45, 7) is 5.70. The maximum Gasteiger partial charge on any atom is 0.237 e. The number of hydrogen-bond acceptors (Lipinski definition) is 2. The number of nitrogens with one attached hydrogen (secondary N) is 1. The number of carbonyl (C=O) groups excluding carboxylic acids is 1. The molecule has 0 aliphatic carbocycles. The van der Waals surface area contributed by atoms with Crippen LogP contribution in [-0.2, 0) is 11.3 Å². The standard InChI is InChI=1S/C19H22N2O/c1-14-7-6-10-17(11-14)18-13-21(15(2)19(22)20-18)12-16-8-4-3-5-9-16/h3-11,15,18H,12-13H2,1-2H3,(H,20,22)/t15-,18?/m1/s1. The van der Waals surface area contributed by atoms with Crippen LogP contribution in [0.3, 0.4) is 0 Å². The molecule has 1 N–H and O–H groups in total. The molecule has 2 atom stereocenters. The Bertz CT molecular complexity index is 653. The molecule has 22 heavy (non-hydrogen) atoms. The second kappa shape index (κ2) is 6.32. The van der Waals surface area contributed by atoms with Crippen molar-refractivity contribution in [1.82, 2.24) is 10.2 Å². The van der Waals surface area contributed by atoms with Crippen molar-refractivity contribution in [3.8, 4) is 0 Å². The summed E-state index contributed by atoms with van der Waals surface area (Å²) in [6, 6.07) is 18.7. The minimum absolute atomic E-state index is 0.0623. The Morgan fingerprint density at radius 1 is 1.14 bits per heavy atom. The Labute approximate surface area is 132 Å². The highest BCUT2D eigenvalue weighted by molar-refractivity contribution is 5.82. The zero-order valence-corrected chi connectivity index (χ0v) is 13.1. The van der Waals surface area contributed by atoms with Gasteiger partial charge in [0.25, 0.3) is 0 Å². The van der Waals surface area contributed by atoms with Gasteiger partial charge in [0.1, 0.15) is 0 Å². The van der Waals surface area contributed by atoms with Gasteiger partial charge in [-0.25, -0.2) is 0 Å². The molecule has 1 unspecified atom stereocenters. The Balaban J connectivity index is 1.79. The van der Waals surface area contributed by atoms with Gasteiger partial charge in [-0.1, -0.05) is 60.2 Å². The summed E-state index contributed by atoms with van der Waals surface area (Å²) in [6.07, 6.45) is 0. The van der Waals surface area contributed by atoms with Crippen molar-refractivity contribution in [2.24, 2.45) is 0 Å². The number of nitrogens with zero attached hydrogens (tertiary/aromatic N) is 1. The van der Waals surface area contributed by atoms with Crippen LogP contribution in [0.2, 0.25) is 0 Å². The van der Waals surface area contributed by atoms with E-state index in [1.807, 2.05) is 25.1 Å². The lowest BCUT2D eigenvalue weighted by molar-refractivity contribution is -0.130. The van der Waals surface area contributed by atoms with Crippen molar-refractivity contribution in [3.05, 3.63) is 71.3 Å². The number of rotatable bonds is 3. The number of benzene rings is 2. The summed E-state index contributed by atoms with van der Waals surface area (Å²) >= 11 is 0. The van der Waals surface area contributed by atoms with Crippen molar-refractivity contribution in [2.75, 3.05) is 6.54 Å². The summed E-state index contributed by atoms with van der Waals surface area (Å²) in [4.78, 5) is 14.6. The molecule has 114 valence electrons. The van der Waals surface area contributed by atoms with Crippen molar-refractivity contribution < 1.29 is 4.79 Å². The van der Waals surface area contributed by atoms with Crippen molar-refractivity contribution >= 4 is 5.91 Å². The number of piperazine rings is 1. The van der Waals surface area contributed by atoms with Gasteiger partial charge in [-0.2, -0.15) is 0 Å². The van der Waals surface area contributed by atoms with E-state index in [0.29, 0.717) is 0 Å². The van der Waals surface area contributed by atoms with E-state index in [0.717, 1.165) is 13.1 Å². The van der Waals surface area contributed by atoms with Crippen LogP contribution in [0, 0.1) is 6.92 Å². The van der Waals surface area contributed by atoms with E-state index in [2.05, 4.69) is 53.5 Å². The second-order valence-corrected chi connectivity index (χ2v) is 6.07. The molecule has 1 saturated heterocycles. The van der Waals surface area contributed by atoms with Gasteiger partial charge < -0.3 is 5.32 Å².